The molecule has 1 saturated heterocycles. The molecule has 1 aliphatic rings. The summed E-state index contributed by atoms with van der Waals surface area (Å²) in [7, 11) is 0. The highest BCUT2D eigenvalue weighted by molar-refractivity contribution is 14.0. The lowest BCUT2D eigenvalue weighted by Crippen LogP contribution is -2.48. The highest BCUT2D eigenvalue weighted by Gasteiger charge is 2.20. The highest BCUT2D eigenvalue weighted by atomic mass is 127. The molecule has 0 saturated carbocycles. The third kappa shape index (κ3) is 6.62. The van der Waals surface area contributed by atoms with Crippen LogP contribution in [0.1, 0.15) is 35.3 Å². The number of aryl methyl sites for hydroxylation is 2. The molecule has 0 atom stereocenters. The van der Waals surface area contributed by atoms with E-state index in [0.717, 1.165) is 62.1 Å². The number of thiazole rings is 1. The van der Waals surface area contributed by atoms with Crippen molar-refractivity contribution in [2.45, 2.75) is 46.1 Å². The maximum Gasteiger partial charge on any atom is 0.191 e. The first-order valence-corrected chi connectivity index (χ1v) is 10.7. The number of anilines is 1. The van der Waals surface area contributed by atoms with Crippen LogP contribution in [0.4, 0.5) is 5.69 Å². The Labute approximate surface area is 190 Å². The Morgan fingerprint density at radius 3 is 2.54 bits per heavy atom. The van der Waals surface area contributed by atoms with Gasteiger partial charge in [-0.2, -0.15) is 0 Å². The molecule has 0 amide bonds. The van der Waals surface area contributed by atoms with Crippen LogP contribution in [0.5, 0.6) is 0 Å². The lowest BCUT2D eigenvalue weighted by molar-refractivity contribution is 0.461. The molecule has 1 aromatic carbocycles. The quantitative estimate of drug-likeness (QED) is 0.347. The maximum atomic E-state index is 4.79. The van der Waals surface area contributed by atoms with Crippen molar-refractivity contribution >= 4 is 47.0 Å². The number of hydrogen-bond acceptors (Lipinski definition) is 4. The van der Waals surface area contributed by atoms with Crippen molar-refractivity contribution < 1.29 is 0 Å². The number of nitrogens with one attached hydrogen (secondary N) is 2. The third-order valence-electron chi connectivity index (χ3n) is 4.91. The number of benzene rings is 1. The minimum absolute atomic E-state index is 0. The molecule has 2 N–H and O–H groups in total. The molecule has 28 heavy (non-hydrogen) atoms. The summed E-state index contributed by atoms with van der Waals surface area (Å²) in [6, 6.07) is 11.2. The van der Waals surface area contributed by atoms with Gasteiger partial charge in [-0.05, 0) is 45.7 Å². The van der Waals surface area contributed by atoms with Crippen molar-refractivity contribution in [3.05, 3.63) is 45.9 Å². The minimum atomic E-state index is 0. The summed E-state index contributed by atoms with van der Waals surface area (Å²) in [4.78, 5) is 13.1. The number of para-hydroxylation sites is 1. The Hall–Kier alpha value is -1.35. The van der Waals surface area contributed by atoms with Gasteiger partial charge in [0.15, 0.2) is 5.96 Å². The predicted molar refractivity (Wildman–Crippen MR) is 131 cm³/mol. The van der Waals surface area contributed by atoms with Crippen LogP contribution in [-0.2, 0) is 6.42 Å². The monoisotopic (exact) mass is 513 g/mol. The van der Waals surface area contributed by atoms with Crippen molar-refractivity contribution in [1.29, 1.82) is 0 Å². The van der Waals surface area contributed by atoms with Crippen LogP contribution in [0.2, 0.25) is 0 Å². The van der Waals surface area contributed by atoms with Gasteiger partial charge in [0, 0.05) is 49.2 Å². The van der Waals surface area contributed by atoms with E-state index in [9.17, 15) is 0 Å². The zero-order chi connectivity index (χ0) is 19.1. The molecule has 0 bridgehead atoms. The van der Waals surface area contributed by atoms with Gasteiger partial charge in [-0.15, -0.1) is 35.3 Å². The van der Waals surface area contributed by atoms with Crippen LogP contribution >= 0.6 is 35.3 Å². The fourth-order valence-electron chi connectivity index (χ4n) is 3.51. The van der Waals surface area contributed by atoms with Crippen molar-refractivity contribution in [2.75, 3.05) is 31.1 Å². The predicted octanol–water partition coefficient (Wildman–Crippen LogP) is 4.14. The van der Waals surface area contributed by atoms with Gasteiger partial charge < -0.3 is 15.5 Å². The molecule has 3 rings (SSSR count). The molecule has 0 spiro atoms. The molecular formula is C21H32IN5S. The molecule has 2 heterocycles. The van der Waals surface area contributed by atoms with E-state index < -0.39 is 0 Å². The SMILES string of the molecule is CCNC(=NCCc1sc(C)nc1C)NC1CCN(c2ccccc2)CC1.I. The molecule has 0 radical (unpaired) electrons. The lowest BCUT2D eigenvalue weighted by atomic mass is 10.0. The number of guanidine groups is 1. The van der Waals surface area contributed by atoms with Gasteiger partial charge >= 0.3 is 0 Å². The molecule has 5 nitrogen and oxygen atoms in total. The normalized spacial score (nSPS) is 15.2. The van der Waals surface area contributed by atoms with Gasteiger partial charge in [-0.25, -0.2) is 4.98 Å². The zero-order valence-corrected chi connectivity index (χ0v) is 20.2. The number of hydrogen-bond donors (Lipinski definition) is 2. The van der Waals surface area contributed by atoms with E-state index in [1.54, 1.807) is 11.3 Å². The van der Waals surface area contributed by atoms with Crippen molar-refractivity contribution in [1.82, 2.24) is 15.6 Å². The summed E-state index contributed by atoms with van der Waals surface area (Å²) < 4.78 is 0. The lowest BCUT2D eigenvalue weighted by Gasteiger charge is -2.34. The number of aliphatic imine (C=N–C) groups is 1. The van der Waals surface area contributed by atoms with E-state index in [0.29, 0.717) is 6.04 Å². The minimum Gasteiger partial charge on any atom is -0.371 e. The van der Waals surface area contributed by atoms with Crippen molar-refractivity contribution in [3.63, 3.8) is 0 Å². The third-order valence-corrected chi connectivity index (χ3v) is 6.04. The van der Waals surface area contributed by atoms with Crippen LogP contribution in [0.15, 0.2) is 35.3 Å². The van der Waals surface area contributed by atoms with Crippen molar-refractivity contribution in [3.8, 4) is 0 Å². The summed E-state index contributed by atoms with van der Waals surface area (Å²) in [5, 5.41) is 8.17. The summed E-state index contributed by atoms with van der Waals surface area (Å²) in [5.74, 6) is 0.939. The van der Waals surface area contributed by atoms with E-state index in [1.165, 1.54) is 10.6 Å². The molecule has 1 aliphatic heterocycles. The van der Waals surface area contributed by atoms with Gasteiger partial charge in [0.25, 0.3) is 0 Å². The van der Waals surface area contributed by atoms with E-state index in [2.05, 4.69) is 71.6 Å². The second-order valence-electron chi connectivity index (χ2n) is 6.99. The largest absolute Gasteiger partial charge is 0.371 e. The molecule has 1 fully saturated rings. The average molecular weight is 513 g/mol. The number of rotatable bonds is 6. The summed E-state index contributed by atoms with van der Waals surface area (Å²) >= 11 is 1.79. The Morgan fingerprint density at radius 2 is 1.93 bits per heavy atom. The Kier molecular flexibility index (Phi) is 9.50. The van der Waals surface area contributed by atoms with Gasteiger partial charge in [-0.3, -0.25) is 4.99 Å². The molecule has 154 valence electrons. The van der Waals surface area contributed by atoms with Crippen molar-refractivity contribution in [2.24, 2.45) is 4.99 Å². The first-order chi connectivity index (χ1) is 13.2. The standard InChI is InChI=1S/C21H31N5S.HI/c1-4-22-21(23-13-10-20-16(2)24-17(3)27-20)25-18-11-14-26(15-12-18)19-8-6-5-7-9-19;/h5-9,18H,4,10-15H2,1-3H3,(H2,22,23,25);1H. The van der Waals surface area contributed by atoms with Gasteiger partial charge in [-0.1, -0.05) is 18.2 Å². The first-order valence-electron chi connectivity index (χ1n) is 9.93. The molecule has 0 unspecified atom stereocenters. The van der Waals surface area contributed by atoms with Crippen LogP contribution in [0.25, 0.3) is 0 Å². The van der Waals surface area contributed by atoms with E-state index in [-0.39, 0.29) is 24.0 Å². The number of piperidine rings is 1. The van der Waals surface area contributed by atoms with Crippen LogP contribution in [-0.4, -0.2) is 43.2 Å². The van der Waals surface area contributed by atoms with Gasteiger partial charge in [0.2, 0.25) is 0 Å². The second kappa shape index (κ2) is 11.6. The molecule has 0 aliphatic carbocycles. The summed E-state index contributed by atoms with van der Waals surface area (Å²) in [5.41, 5.74) is 2.48. The molecule has 7 heteroatoms. The number of nitrogens with zero attached hydrogens (tertiary/aromatic N) is 3. The fraction of sp³-hybridized carbons (Fsp3) is 0.524. The van der Waals surface area contributed by atoms with Crippen LogP contribution in [0, 0.1) is 13.8 Å². The van der Waals surface area contributed by atoms with E-state index in [4.69, 9.17) is 4.99 Å². The highest BCUT2D eigenvalue weighted by Crippen LogP contribution is 2.20. The Bertz CT molecular complexity index is 739. The van der Waals surface area contributed by atoms with Crippen LogP contribution in [0.3, 0.4) is 0 Å². The van der Waals surface area contributed by atoms with E-state index >= 15 is 0 Å². The van der Waals surface area contributed by atoms with Crippen LogP contribution < -0.4 is 15.5 Å². The number of halogens is 1. The second-order valence-corrected chi connectivity index (χ2v) is 8.28. The number of aromatic nitrogens is 1. The maximum absolute atomic E-state index is 4.79. The fourth-order valence-corrected chi connectivity index (χ4v) is 4.43. The van der Waals surface area contributed by atoms with E-state index in [1.807, 2.05) is 0 Å². The molecule has 1 aromatic heterocycles. The van der Waals surface area contributed by atoms with Gasteiger partial charge in [0.05, 0.1) is 10.7 Å². The summed E-state index contributed by atoms with van der Waals surface area (Å²) in [6.07, 6.45) is 3.22. The Morgan fingerprint density at radius 1 is 1.21 bits per heavy atom. The molecular weight excluding hydrogens is 481 g/mol. The molecule has 2 aromatic rings. The first kappa shape index (κ1) is 22.9. The van der Waals surface area contributed by atoms with Gasteiger partial charge in [0.1, 0.15) is 0 Å². The summed E-state index contributed by atoms with van der Waals surface area (Å²) in [6.45, 7) is 10.1. The zero-order valence-electron chi connectivity index (χ0n) is 17.1. The Balaban J connectivity index is 0.00000280. The average Bonchev–Trinajstić information content (AvgIpc) is 3.00. The topological polar surface area (TPSA) is 52.6 Å². The smallest absolute Gasteiger partial charge is 0.191 e.